The van der Waals surface area contributed by atoms with E-state index in [1.54, 1.807) is 0 Å². The number of allylic oxidation sites excluding steroid dienone is 2. The fourth-order valence-corrected chi connectivity index (χ4v) is 2.35. The molecule has 0 radical (unpaired) electrons. The van der Waals surface area contributed by atoms with Gasteiger partial charge in [0.1, 0.15) is 0 Å². The smallest absolute Gasteiger partial charge is 0.303 e. The lowest BCUT2D eigenvalue weighted by atomic mass is 10.1. The topological polar surface area (TPSA) is 37.3 Å². The molecule has 0 fully saturated rings. The van der Waals surface area contributed by atoms with Crippen LogP contribution in [0.1, 0.15) is 96.8 Å². The Bertz CT molecular complexity index is 239. The lowest BCUT2D eigenvalue weighted by Gasteiger charge is -1.99. The highest BCUT2D eigenvalue weighted by Gasteiger charge is 1.95. The summed E-state index contributed by atoms with van der Waals surface area (Å²) in [6.07, 6.45) is 21.2. The Morgan fingerprint density at radius 3 is 1.67 bits per heavy atom. The third-order valence-corrected chi connectivity index (χ3v) is 3.65. The van der Waals surface area contributed by atoms with Crippen molar-refractivity contribution in [2.45, 2.75) is 96.8 Å². The van der Waals surface area contributed by atoms with Crippen molar-refractivity contribution in [2.75, 3.05) is 0 Å². The molecule has 0 amide bonds. The van der Waals surface area contributed by atoms with Crippen molar-refractivity contribution < 1.29 is 9.90 Å². The summed E-state index contributed by atoms with van der Waals surface area (Å²) in [5.41, 5.74) is 0. The van der Waals surface area contributed by atoms with Gasteiger partial charge in [-0.2, -0.15) is 0 Å². The number of hydrogen-bond donors (Lipinski definition) is 1. The highest BCUT2D eigenvalue weighted by molar-refractivity contribution is 5.85. The second-order valence-electron chi connectivity index (χ2n) is 5.73. The molecule has 0 bridgehead atoms. The minimum absolute atomic E-state index is 0. The molecule has 2 nitrogen and oxygen atoms in total. The van der Waals surface area contributed by atoms with E-state index in [1.165, 1.54) is 70.6 Å². The van der Waals surface area contributed by atoms with Crippen molar-refractivity contribution in [1.29, 1.82) is 0 Å². The van der Waals surface area contributed by atoms with E-state index in [0.29, 0.717) is 6.42 Å². The fraction of sp³-hybridized carbons (Fsp3) is 0.833. The highest BCUT2D eigenvalue weighted by atomic mass is 35.5. The van der Waals surface area contributed by atoms with Gasteiger partial charge in [0.05, 0.1) is 0 Å². The lowest BCUT2D eigenvalue weighted by Crippen LogP contribution is -1.93. The Hall–Kier alpha value is -0.500. The van der Waals surface area contributed by atoms with Gasteiger partial charge in [-0.25, -0.2) is 0 Å². The van der Waals surface area contributed by atoms with Crippen LogP contribution in [0.4, 0.5) is 0 Å². The molecule has 0 aliphatic rings. The first kappa shape index (κ1) is 22.8. The largest absolute Gasteiger partial charge is 0.481 e. The zero-order chi connectivity index (χ0) is 14.9. The van der Waals surface area contributed by atoms with Crippen molar-refractivity contribution in [1.82, 2.24) is 0 Å². The summed E-state index contributed by atoms with van der Waals surface area (Å²) in [6.45, 7) is 2.26. The third-order valence-electron chi connectivity index (χ3n) is 3.65. The molecule has 0 aliphatic heterocycles. The molecular formula is C18H35ClO2. The standard InChI is InChI=1S/C18H34O2.ClH/c1-2-3-4-5-6-7-8-9-10-11-12-13-14-15-16-17-18(19)20;/h9-10H,2-8,11-17H2,1H3,(H,19,20);1H. The van der Waals surface area contributed by atoms with Crippen LogP contribution in [0.25, 0.3) is 0 Å². The van der Waals surface area contributed by atoms with E-state index in [0.717, 1.165) is 12.8 Å². The number of halogens is 1. The SMILES string of the molecule is CCCCCCCCC=CCCCCCCCC(=O)O.Cl. The number of rotatable bonds is 15. The zero-order valence-corrected chi connectivity index (χ0v) is 14.6. The van der Waals surface area contributed by atoms with Gasteiger partial charge in [-0.3, -0.25) is 4.79 Å². The van der Waals surface area contributed by atoms with Gasteiger partial charge in [0.15, 0.2) is 0 Å². The first-order valence-corrected chi connectivity index (χ1v) is 8.64. The fourth-order valence-electron chi connectivity index (χ4n) is 2.35. The quantitative estimate of drug-likeness (QED) is 0.275. The van der Waals surface area contributed by atoms with Gasteiger partial charge in [-0.1, -0.05) is 70.4 Å². The second kappa shape index (κ2) is 19.5. The molecule has 0 rings (SSSR count). The van der Waals surface area contributed by atoms with Crippen LogP contribution in [0.3, 0.4) is 0 Å². The number of unbranched alkanes of at least 4 members (excludes halogenated alkanes) is 11. The Kier molecular flexibility index (Phi) is 21.1. The number of carboxylic acids is 1. The Morgan fingerprint density at radius 1 is 0.762 bits per heavy atom. The molecule has 0 unspecified atom stereocenters. The Morgan fingerprint density at radius 2 is 1.19 bits per heavy atom. The average molecular weight is 319 g/mol. The number of carbonyl (C=O) groups is 1. The van der Waals surface area contributed by atoms with Crippen LogP contribution >= 0.6 is 12.4 Å². The normalized spacial score (nSPS) is 10.7. The zero-order valence-electron chi connectivity index (χ0n) is 13.8. The molecule has 3 heteroatoms. The summed E-state index contributed by atoms with van der Waals surface area (Å²) >= 11 is 0. The van der Waals surface area contributed by atoms with Crippen molar-refractivity contribution in [3.8, 4) is 0 Å². The van der Waals surface area contributed by atoms with Crippen molar-refractivity contribution in [3.63, 3.8) is 0 Å². The van der Waals surface area contributed by atoms with Gasteiger partial charge < -0.3 is 5.11 Å². The molecule has 126 valence electrons. The molecule has 21 heavy (non-hydrogen) atoms. The monoisotopic (exact) mass is 318 g/mol. The van der Waals surface area contributed by atoms with Crippen LogP contribution in [0.5, 0.6) is 0 Å². The summed E-state index contributed by atoms with van der Waals surface area (Å²) in [5, 5.41) is 8.51. The van der Waals surface area contributed by atoms with Gasteiger partial charge in [0.2, 0.25) is 0 Å². The predicted molar refractivity (Wildman–Crippen MR) is 94.3 cm³/mol. The second-order valence-corrected chi connectivity index (χ2v) is 5.73. The average Bonchev–Trinajstić information content (AvgIpc) is 2.43. The molecular weight excluding hydrogens is 284 g/mol. The Balaban J connectivity index is 0. The molecule has 1 N–H and O–H groups in total. The van der Waals surface area contributed by atoms with E-state index in [9.17, 15) is 4.79 Å². The third kappa shape index (κ3) is 21.9. The van der Waals surface area contributed by atoms with Gasteiger partial charge >= 0.3 is 5.97 Å². The van der Waals surface area contributed by atoms with Crippen LogP contribution in [0.2, 0.25) is 0 Å². The molecule has 0 heterocycles. The van der Waals surface area contributed by atoms with Gasteiger partial charge in [0, 0.05) is 6.42 Å². The molecule has 0 aromatic rings. The summed E-state index contributed by atoms with van der Waals surface area (Å²) < 4.78 is 0. The molecule has 0 saturated carbocycles. The van der Waals surface area contributed by atoms with Gasteiger partial charge in [-0.15, -0.1) is 12.4 Å². The minimum Gasteiger partial charge on any atom is -0.481 e. The van der Waals surface area contributed by atoms with Crippen molar-refractivity contribution in [3.05, 3.63) is 12.2 Å². The number of hydrogen-bond acceptors (Lipinski definition) is 1. The van der Waals surface area contributed by atoms with E-state index in [-0.39, 0.29) is 12.4 Å². The first-order valence-electron chi connectivity index (χ1n) is 8.64. The molecule has 0 spiro atoms. The molecule has 0 atom stereocenters. The van der Waals surface area contributed by atoms with Gasteiger partial charge in [-0.05, 0) is 32.1 Å². The molecule has 0 aromatic carbocycles. The first-order chi connectivity index (χ1) is 9.77. The van der Waals surface area contributed by atoms with Crippen LogP contribution in [0.15, 0.2) is 12.2 Å². The van der Waals surface area contributed by atoms with E-state index in [4.69, 9.17) is 5.11 Å². The van der Waals surface area contributed by atoms with E-state index in [2.05, 4.69) is 19.1 Å². The predicted octanol–water partition coefficient (Wildman–Crippen LogP) is 6.53. The summed E-state index contributed by atoms with van der Waals surface area (Å²) in [7, 11) is 0. The maximum atomic E-state index is 10.3. The van der Waals surface area contributed by atoms with Crippen LogP contribution < -0.4 is 0 Å². The summed E-state index contributed by atoms with van der Waals surface area (Å²) in [4.78, 5) is 10.3. The van der Waals surface area contributed by atoms with Crippen molar-refractivity contribution >= 4 is 18.4 Å². The number of carboxylic acid groups (broad SMARTS) is 1. The molecule has 0 saturated heterocycles. The van der Waals surface area contributed by atoms with E-state index < -0.39 is 5.97 Å². The van der Waals surface area contributed by atoms with Crippen molar-refractivity contribution in [2.24, 2.45) is 0 Å². The highest BCUT2D eigenvalue weighted by Crippen LogP contribution is 2.09. The Labute approximate surface area is 137 Å². The lowest BCUT2D eigenvalue weighted by molar-refractivity contribution is -0.137. The van der Waals surface area contributed by atoms with Crippen LogP contribution in [-0.2, 0) is 4.79 Å². The maximum absolute atomic E-state index is 10.3. The van der Waals surface area contributed by atoms with Crippen LogP contribution in [-0.4, -0.2) is 11.1 Å². The van der Waals surface area contributed by atoms with Gasteiger partial charge in [0.25, 0.3) is 0 Å². The minimum atomic E-state index is -0.664. The molecule has 0 aliphatic carbocycles. The summed E-state index contributed by atoms with van der Waals surface area (Å²) in [6, 6.07) is 0. The summed E-state index contributed by atoms with van der Waals surface area (Å²) in [5.74, 6) is -0.664. The van der Waals surface area contributed by atoms with Crippen LogP contribution in [0, 0.1) is 0 Å². The maximum Gasteiger partial charge on any atom is 0.303 e. The number of aliphatic carboxylic acids is 1. The molecule has 0 aromatic heterocycles. The van der Waals surface area contributed by atoms with E-state index >= 15 is 0 Å². The van der Waals surface area contributed by atoms with E-state index in [1.807, 2.05) is 0 Å².